The summed E-state index contributed by atoms with van der Waals surface area (Å²) in [4.78, 5) is 0. The van der Waals surface area contributed by atoms with Crippen molar-refractivity contribution >= 4 is 0 Å². The maximum Gasteiger partial charge on any atom is 0.119 e. The molecular formula is C16H22O3. The highest BCUT2D eigenvalue weighted by atomic mass is 16.5. The average molecular weight is 262 g/mol. The van der Waals surface area contributed by atoms with Crippen molar-refractivity contribution in [1.29, 1.82) is 0 Å². The number of benzene rings is 1. The van der Waals surface area contributed by atoms with Gasteiger partial charge in [-0.3, -0.25) is 0 Å². The number of aliphatic hydroxyl groups excluding tert-OH is 1. The predicted octanol–water partition coefficient (Wildman–Crippen LogP) is 2.86. The normalized spacial score (nSPS) is 26.0. The lowest BCUT2D eigenvalue weighted by Crippen LogP contribution is -2.28. The van der Waals surface area contributed by atoms with E-state index in [0.29, 0.717) is 0 Å². The molecule has 1 fully saturated rings. The molecule has 0 spiro atoms. The van der Waals surface area contributed by atoms with Crippen LogP contribution in [0.15, 0.2) is 18.2 Å². The Morgan fingerprint density at radius 2 is 2.11 bits per heavy atom. The number of aryl methyl sites for hydroxylation is 1. The van der Waals surface area contributed by atoms with Gasteiger partial charge in [-0.05, 0) is 48.4 Å². The second-order valence-corrected chi connectivity index (χ2v) is 5.69. The molecule has 19 heavy (non-hydrogen) atoms. The Labute approximate surface area is 114 Å². The van der Waals surface area contributed by atoms with Gasteiger partial charge in [0, 0.05) is 6.61 Å². The van der Waals surface area contributed by atoms with Crippen molar-refractivity contribution in [2.24, 2.45) is 5.92 Å². The van der Waals surface area contributed by atoms with Crippen molar-refractivity contribution in [2.75, 3.05) is 13.7 Å². The van der Waals surface area contributed by atoms with E-state index >= 15 is 0 Å². The fourth-order valence-electron chi connectivity index (χ4n) is 2.84. The third-order valence-electron chi connectivity index (χ3n) is 4.27. The third-order valence-corrected chi connectivity index (χ3v) is 4.27. The van der Waals surface area contributed by atoms with Crippen LogP contribution in [0.4, 0.5) is 0 Å². The van der Waals surface area contributed by atoms with E-state index in [9.17, 15) is 5.11 Å². The summed E-state index contributed by atoms with van der Waals surface area (Å²) in [5.74, 6) is 1.75. The molecule has 3 heteroatoms. The van der Waals surface area contributed by atoms with Gasteiger partial charge in [0.15, 0.2) is 0 Å². The zero-order valence-electron chi connectivity index (χ0n) is 11.5. The van der Waals surface area contributed by atoms with Gasteiger partial charge in [-0.25, -0.2) is 0 Å². The number of ether oxygens (including phenoxy) is 2. The monoisotopic (exact) mass is 262 g/mol. The molecule has 2 aliphatic rings. The number of rotatable bonds is 5. The van der Waals surface area contributed by atoms with E-state index in [4.69, 9.17) is 9.47 Å². The van der Waals surface area contributed by atoms with Crippen LogP contribution in [-0.4, -0.2) is 24.9 Å². The molecule has 3 nitrogen and oxygen atoms in total. The van der Waals surface area contributed by atoms with Crippen molar-refractivity contribution in [2.45, 2.75) is 44.3 Å². The lowest BCUT2D eigenvalue weighted by molar-refractivity contribution is -0.0499. The van der Waals surface area contributed by atoms with Crippen LogP contribution in [0.25, 0.3) is 0 Å². The molecule has 1 saturated carbocycles. The van der Waals surface area contributed by atoms with E-state index in [0.717, 1.165) is 43.1 Å². The molecule has 0 heterocycles. The van der Waals surface area contributed by atoms with Crippen molar-refractivity contribution in [3.05, 3.63) is 29.3 Å². The van der Waals surface area contributed by atoms with Gasteiger partial charge in [-0.2, -0.15) is 0 Å². The molecule has 0 aliphatic heterocycles. The van der Waals surface area contributed by atoms with E-state index in [1.165, 1.54) is 18.4 Å². The molecular weight excluding hydrogens is 240 g/mol. The minimum atomic E-state index is -0.492. The quantitative estimate of drug-likeness (QED) is 0.886. The van der Waals surface area contributed by atoms with Gasteiger partial charge in [0.25, 0.3) is 0 Å². The summed E-state index contributed by atoms with van der Waals surface area (Å²) in [6.07, 6.45) is 5.19. The number of aliphatic hydroxyl groups is 1. The summed E-state index contributed by atoms with van der Waals surface area (Å²) in [7, 11) is 1.67. The maximum absolute atomic E-state index is 10.4. The van der Waals surface area contributed by atoms with Crippen molar-refractivity contribution < 1.29 is 14.6 Å². The molecule has 2 aliphatic carbocycles. The predicted molar refractivity (Wildman–Crippen MR) is 73.4 cm³/mol. The second-order valence-electron chi connectivity index (χ2n) is 5.69. The summed E-state index contributed by atoms with van der Waals surface area (Å²) in [6.45, 7) is 0.790. The van der Waals surface area contributed by atoms with Crippen molar-refractivity contribution in [3.8, 4) is 5.75 Å². The number of hydrogen-bond donors (Lipinski definition) is 1. The van der Waals surface area contributed by atoms with Gasteiger partial charge < -0.3 is 14.6 Å². The van der Waals surface area contributed by atoms with Gasteiger partial charge in [0.1, 0.15) is 11.9 Å². The van der Waals surface area contributed by atoms with Crippen molar-refractivity contribution in [3.63, 3.8) is 0 Å². The lowest BCUT2D eigenvalue weighted by Gasteiger charge is -2.30. The summed E-state index contributed by atoms with van der Waals surface area (Å²) >= 11 is 0. The highest BCUT2D eigenvalue weighted by Gasteiger charge is 2.29. The Bertz CT molecular complexity index is 440. The van der Waals surface area contributed by atoms with Crippen LogP contribution in [-0.2, 0) is 11.2 Å². The van der Waals surface area contributed by atoms with Crippen LogP contribution in [0.2, 0.25) is 0 Å². The first-order valence-electron chi connectivity index (χ1n) is 7.24. The smallest absolute Gasteiger partial charge is 0.119 e. The summed E-state index contributed by atoms with van der Waals surface area (Å²) in [5.41, 5.74) is 2.19. The zero-order chi connectivity index (χ0) is 13.2. The standard InChI is InChI=1S/C16H22O3/c1-18-13-5-6-14-12(10-13)4-7-15(16(14)17)19-9-8-11-2-3-11/h5-6,10-11,15-17H,2-4,7-9H2,1H3. The van der Waals surface area contributed by atoms with Crippen LogP contribution < -0.4 is 4.74 Å². The van der Waals surface area contributed by atoms with Gasteiger partial charge in [-0.1, -0.05) is 18.9 Å². The topological polar surface area (TPSA) is 38.7 Å². The Morgan fingerprint density at radius 3 is 2.84 bits per heavy atom. The summed E-state index contributed by atoms with van der Waals surface area (Å²) in [5, 5.41) is 10.4. The largest absolute Gasteiger partial charge is 0.497 e. The molecule has 0 aromatic heterocycles. The highest BCUT2D eigenvalue weighted by molar-refractivity contribution is 5.39. The fraction of sp³-hybridized carbons (Fsp3) is 0.625. The van der Waals surface area contributed by atoms with E-state index in [1.807, 2.05) is 18.2 Å². The molecule has 1 aromatic rings. The average Bonchev–Trinajstić information content (AvgIpc) is 3.25. The molecule has 0 amide bonds. The Hall–Kier alpha value is -1.06. The first-order valence-corrected chi connectivity index (χ1v) is 7.24. The first-order chi connectivity index (χ1) is 9.28. The molecule has 0 bridgehead atoms. The fourth-order valence-corrected chi connectivity index (χ4v) is 2.84. The minimum absolute atomic E-state index is 0.0420. The summed E-state index contributed by atoms with van der Waals surface area (Å²) < 4.78 is 11.1. The first kappa shape index (κ1) is 12.9. The van der Waals surface area contributed by atoms with Crippen LogP contribution >= 0.6 is 0 Å². The molecule has 3 rings (SSSR count). The zero-order valence-corrected chi connectivity index (χ0v) is 11.5. The molecule has 2 atom stereocenters. The van der Waals surface area contributed by atoms with Crippen LogP contribution in [0, 0.1) is 5.92 Å². The third kappa shape index (κ3) is 2.93. The molecule has 1 N–H and O–H groups in total. The van der Waals surface area contributed by atoms with Crippen LogP contribution in [0.1, 0.15) is 42.9 Å². The summed E-state index contributed by atoms with van der Waals surface area (Å²) in [6, 6.07) is 5.91. The Morgan fingerprint density at radius 1 is 1.26 bits per heavy atom. The lowest BCUT2D eigenvalue weighted by atomic mass is 9.87. The Balaban J connectivity index is 1.63. The van der Waals surface area contributed by atoms with Crippen LogP contribution in [0.5, 0.6) is 5.75 Å². The number of fused-ring (bicyclic) bond motifs is 1. The van der Waals surface area contributed by atoms with Crippen molar-refractivity contribution in [1.82, 2.24) is 0 Å². The van der Waals surface area contributed by atoms with Gasteiger partial charge in [-0.15, -0.1) is 0 Å². The highest BCUT2D eigenvalue weighted by Crippen LogP contribution is 2.35. The number of hydrogen-bond acceptors (Lipinski definition) is 3. The van der Waals surface area contributed by atoms with Gasteiger partial charge in [0.2, 0.25) is 0 Å². The molecule has 2 unspecified atom stereocenters. The van der Waals surface area contributed by atoms with E-state index < -0.39 is 6.10 Å². The van der Waals surface area contributed by atoms with Gasteiger partial charge >= 0.3 is 0 Å². The molecule has 1 aromatic carbocycles. The van der Waals surface area contributed by atoms with Crippen LogP contribution in [0.3, 0.4) is 0 Å². The van der Waals surface area contributed by atoms with E-state index in [1.54, 1.807) is 7.11 Å². The minimum Gasteiger partial charge on any atom is -0.497 e. The molecule has 104 valence electrons. The Kier molecular flexibility index (Phi) is 3.76. The second kappa shape index (κ2) is 5.51. The van der Waals surface area contributed by atoms with E-state index in [2.05, 4.69) is 0 Å². The van der Waals surface area contributed by atoms with Gasteiger partial charge in [0.05, 0.1) is 13.2 Å². The maximum atomic E-state index is 10.4. The van der Waals surface area contributed by atoms with E-state index in [-0.39, 0.29) is 6.10 Å². The SMILES string of the molecule is COc1ccc2c(c1)CCC(OCCC1CC1)C2O. The molecule has 0 radical (unpaired) electrons. The molecule has 0 saturated heterocycles. The number of methoxy groups -OCH3 is 1.